The predicted molar refractivity (Wildman–Crippen MR) is 63.3 cm³/mol. The average Bonchev–Trinajstić information content (AvgIpc) is 2.75. The molecule has 1 aliphatic heterocycles. The van der Waals surface area contributed by atoms with Gasteiger partial charge in [-0.15, -0.1) is 0 Å². The Morgan fingerprint density at radius 3 is 2.94 bits per heavy atom. The van der Waals surface area contributed by atoms with E-state index in [0.29, 0.717) is 6.04 Å². The summed E-state index contributed by atoms with van der Waals surface area (Å²) < 4.78 is 0. The van der Waals surface area contributed by atoms with E-state index >= 15 is 0 Å². The Kier molecular flexibility index (Phi) is 2.52. The van der Waals surface area contributed by atoms with E-state index in [9.17, 15) is 0 Å². The molecule has 4 heteroatoms. The van der Waals surface area contributed by atoms with Gasteiger partial charge in [0.25, 0.3) is 0 Å². The van der Waals surface area contributed by atoms with Gasteiger partial charge in [-0.3, -0.25) is 0 Å². The number of fused-ring (bicyclic) bond motifs is 1. The lowest BCUT2D eigenvalue weighted by molar-refractivity contribution is 0.695. The third-order valence-electron chi connectivity index (χ3n) is 3.64. The smallest absolute Gasteiger partial charge is 0.129 e. The molecule has 86 valence electrons. The number of nitrogens with zero attached hydrogens (tertiary/aromatic N) is 2. The predicted octanol–water partition coefficient (Wildman–Crippen LogP) is 1.06. The van der Waals surface area contributed by atoms with Gasteiger partial charge in [0.15, 0.2) is 0 Å². The summed E-state index contributed by atoms with van der Waals surface area (Å²) in [5, 5.41) is 6.92. The first kappa shape index (κ1) is 10.0. The van der Waals surface area contributed by atoms with Crippen LogP contribution in [0.5, 0.6) is 0 Å². The average molecular weight is 218 g/mol. The molecular formula is C12H18N4. The summed E-state index contributed by atoms with van der Waals surface area (Å²) in [5.74, 6) is 2.65. The van der Waals surface area contributed by atoms with Crippen LogP contribution in [0.3, 0.4) is 0 Å². The SMILES string of the molecule is CCCc1cc(NC2C3CNCC32)ncn1. The lowest BCUT2D eigenvalue weighted by Crippen LogP contribution is -2.21. The number of aromatic nitrogens is 2. The first-order chi connectivity index (χ1) is 7.88. The van der Waals surface area contributed by atoms with E-state index in [2.05, 4.69) is 33.6 Å². The van der Waals surface area contributed by atoms with Gasteiger partial charge in [-0.25, -0.2) is 9.97 Å². The number of piperidine rings is 1. The van der Waals surface area contributed by atoms with Gasteiger partial charge in [0, 0.05) is 30.9 Å². The molecule has 1 aromatic rings. The Balaban J connectivity index is 1.64. The molecule has 1 saturated carbocycles. The molecule has 0 aromatic carbocycles. The molecule has 0 radical (unpaired) electrons. The second kappa shape index (κ2) is 4.01. The summed E-state index contributed by atoms with van der Waals surface area (Å²) in [5.41, 5.74) is 1.14. The fraction of sp³-hybridized carbons (Fsp3) is 0.667. The van der Waals surface area contributed by atoms with Crippen molar-refractivity contribution in [2.75, 3.05) is 18.4 Å². The maximum Gasteiger partial charge on any atom is 0.129 e. The Labute approximate surface area is 95.9 Å². The number of anilines is 1. The van der Waals surface area contributed by atoms with E-state index in [1.54, 1.807) is 6.33 Å². The fourth-order valence-electron chi connectivity index (χ4n) is 2.67. The van der Waals surface area contributed by atoms with Crippen molar-refractivity contribution >= 4 is 5.82 Å². The minimum Gasteiger partial charge on any atom is -0.367 e. The molecule has 1 aliphatic carbocycles. The summed E-state index contributed by atoms with van der Waals surface area (Å²) in [4.78, 5) is 8.55. The summed E-state index contributed by atoms with van der Waals surface area (Å²) in [6.07, 6.45) is 3.84. The highest BCUT2D eigenvalue weighted by atomic mass is 15.1. The van der Waals surface area contributed by atoms with Crippen molar-refractivity contribution in [3.63, 3.8) is 0 Å². The number of hydrogen-bond donors (Lipinski definition) is 2. The zero-order chi connectivity index (χ0) is 11.0. The van der Waals surface area contributed by atoms with E-state index < -0.39 is 0 Å². The Morgan fingerprint density at radius 2 is 2.19 bits per heavy atom. The Bertz CT molecular complexity index is 369. The molecule has 2 unspecified atom stereocenters. The van der Waals surface area contributed by atoms with Crippen LogP contribution in [-0.2, 0) is 6.42 Å². The number of rotatable bonds is 4. The van der Waals surface area contributed by atoms with E-state index in [1.807, 2.05) is 0 Å². The molecule has 2 atom stereocenters. The highest BCUT2D eigenvalue weighted by Gasteiger charge is 2.53. The van der Waals surface area contributed by atoms with Crippen LogP contribution in [0.1, 0.15) is 19.0 Å². The second-order valence-corrected chi connectivity index (χ2v) is 4.80. The molecule has 16 heavy (non-hydrogen) atoms. The minimum atomic E-state index is 0.644. The molecule has 2 aliphatic rings. The van der Waals surface area contributed by atoms with E-state index in [0.717, 1.165) is 49.3 Å². The maximum absolute atomic E-state index is 4.29. The van der Waals surface area contributed by atoms with E-state index in [1.165, 1.54) is 0 Å². The van der Waals surface area contributed by atoms with Crippen LogP contribution in [0.15, 0.2) is 12.4 Å². The van der Waals surface area contributed by atoms with Gasteiger partial charge in [-0.2, -0.15) is 0 Å². The van der Waals surface area contributed by atoms with Crippen molar-refractivity contribution < 1.29 is 0 Å². The fourth-order valence-corrected chi connectivity index (χ4v) is 2.67. The molecule has 2 heterocycles. The molecule has 4 nitrogen and oxygen atoms in total. The molecule has 0 bridgehead atoms. The van der Waals surface area contributed by atoms with Crippen molar-refractivity contribution in [2.24, 2.45) is 11.8 Å². The lowest BCUT2D eigenvalue weighted by Gasteiger charge is -2.08. The molecule has 1 aromatic heterocycles. The standard InChI is InChI=1S/C12H18N4/c1-2-3-8-4-11(15-7-14-8)16-12-9-5-13-6-10(9)12/h4,7,9-10,12-13H,2-3,5-6H2,1H3,(H,14,15,16). The van der Waals surface area contributed by atoms with E-state index in [4.69, 9.17) is 0 Å². The van der Waals surface area contributed by atoms with Gasteiger partial charge < -0.3 is 10.6 Å². The van der Waals surface area contributed by atoms with Crippen LogP contribution >= 0.6 is 0 Å². The molecular weight excluding hydrogens is 200 g/mol. The van der Waals surface area contributed by atoms with Crippen molar-refractivity contribution in [1.29, 1.82) is 0 Å². The van der Waals surface area contributed by atoms with Crippen molar-refractivity contribution in [2.45, 2.75) is 25.8 Å². The third-order valence-corrected chi connectivity index (χ3v) is 3.64. The summed E-state index contributed by atoms with van der Waals surface area (Å²) in [6.45, 7) is 4.50. The molecule has 2 N–H and O–H groups in total. The third kappa shape index (κ3) is 1.78. The van der Waals surface area contributed by atoms with Crippen molar-refractivity contribution in [3.05, 3.63) is 18.1 Å². The number of nitrogens with one attached hydrogen (secondary N) is 2. The Hall–Kier alpha value is -1.16. The summed E-state index contributed by atoms with van der Waals surface area (Å²) >= 11 is 0. The van der Waals surface area contributed by atoms with Gasteiger partial charge in [-0.1, -0.05) is 13.3 Å². The first-order valence-electron chi connectivity index (χ1n) is 6.16. The first-order valence-corrected chi connectivity index (χ1v) is 6.16. The van der Waals surface area contributed by atoms with Crippen molar-refractivity contribution in [1.82, 2.24) is 15.3 Å². The molecule has 0 spiro atoms. The van der Waals surface area contributed by atoms with Crippen LogP contribution in [-0.4, -0.2) is 29.1 Å². The molecule has 1 saturated heterocycles. The largest absolute Gasteiger partial charge is 0.367 e. The molecule has 2 fully saturated rings. The van der Waals surface area contributed by atoms with Gasteiger partial charge in [-0.05, 0) is 18.3 Å². The minimum absolute atomic E-state index is 0.644. The highest BCUT2D eigenvalue weighted by Crippen LogP contribution is 2.43. The molecule has 0 amide bonds. The van der Waals surface area contributed by atoms with E-state index in [-0.39, 0.29) is 0 Å². The van der Waals surface area contributed by atoms with Crippen LogP contribution < -0.4 is 10.6 Å². The van der Waals surface area contributed by atoms with Gasteiger partial charge in [0.1, 0.15) is 12.1 Å². The van der Waals surface area contributed by atoms with Crippen LogP contribution in [0.2, 0.25) is 0 Å². The monoisotopic (exact) mass is 218 g/mol. The topological polar surface area (TPSA) is 49.8 Å². The highest BCUT2D eigenvalue weighted by molar-refractivity contribution is 5.39. The maximum atomic E-state index is 4.29. The van der Waals surface area contributed by atoms with Crippen LogP contribution in [0.25, 0.3) is 0 Å². The number of aryl methyl sites for hydroxylation is 1. The summed E-state index contributed by atoms with van der Waals surface area (Å²) in [6, 6.07) is 2.73. The van der Waals surface area contributed by atoms with Gasteiger partial charge >= 0.3 is 0 Å². The lowest BCUT2D eigenvalue weighted by atomic mass is 10.2. The Morgan fingerprint density at radius 1 is 1.38 bits per heavy atom. The van der Waals surface area contributed by atoms with Crippen LogP contribution in [0.4, 0.5) is 5.82 Å². The molecule has 3 rings (SSSR count). The number of hydrogen-bond acceptors (Lipinski definition) is 4. The quantitative estimate of drug-likeness (QED) is 0.793. The zero-order valence-corrected chi connectivity index (χ0v) is 9.61. The summed E-state index contributed by atoms with van der Waals surface area (Å²) in [7, 11) is 0. The van der Waals surface area contributed by atoms with Gasteiger partial charge in [0.2, 0.25) is 0 Å². The normalized spacial score (nSPS) is 31.2. The van der Waals surface area contributed by atoms with Gasteiger partial charge in [0.05, 0.1) is 0 Å². The van der Waals surface area contributed by atoms with Crippen LogP contribution in [0, 0.1) is 11.8 Å². The second-order valence-electron chi connectivity index (χ2n) is 4.80. The van der Waals surface area contributed by atoms with Crippen molar-refractivity contribution in [3.8, 4) is 0 Å². The zero-order valence-electron chi connectivity index (χ0n) is 9.61.